The van der Waals surface area contributed by atoms with Gasteiger partial charge in [-0.1, -0.05) is 6.42 Å². The van der Waals surface area contributed by atoms with Crippen molar-refractivity contribution >= 4 is 0 Å². The Balaban J connectivity index is 0.000000202. The third-order valence-electron chi connectivity index (χ3n) is 2.92. The van der Waals surface area contributed by atoms with Gasteiger partial charge in [0.25, 0.3) is 0 Å². The van der Waals surface area contributed by atoms with Crippen LogP contribution in [0.3, 0.4) is 0 Å². The first kappa shape index (κ1) is 13.4. The van der Waals surface area contributed by atoms with Gasteiger partial charge >= 0.3 is 86.7 Å². The summed E-state index contributed by atoms with van der Waals surface area (Å²) in [5.41, 5.74) is 6.49. The molecule has 0 aliphatic heterocycles. The van der Waals surface area contributed by atoms with Gasteiger partial charge in [-0.15, -0.1) is 0 Å². The summed E-state index contributed by atoms with van der Waals surface area (Å²) in [5.74, 6) is 0.910. The number of aromatic nitrogens is 3. The number of nitrogens with one attached hydrogen (secondary N) is 1. The average molecular weight is 425 g/mol. The van der Waals surface area contributed by atoms with Crippen LogP contribution in [0.25, 0.3) is 11.4 Å². The van der Waals surface area contributed by atoms with E-state index in [1.807, 2.05) is 42.1 Å². The fourth-order valence-corrected chi connectivity index (χ4v) is 1.93. The van der Waals surface area contributed by atoms with E-state index in [2.05, 4.69) is 29.4 Å². The molecule has 3 rings (SSSR count). The second kappa shape index (κ2) is 6.26. The Morgan fingerprint density at radius 3 is 2.33 bits per heavy atom. The predicted molar refractivity (Wildman–Crippen MR) is 68.1 cm³/mol. The van der Waals surface area contributed by atoms with Crippen molar-refractivity contribution in [1.29, 1.82) is 0 Å². The van der Waals surface area contributed by atoms with Crippen LogP contribution in [-0.2, 0) is 26.4 Å². The maximum atomic E-state index is 5.38. The van der Waals surface area contributed by atoms with E-state index in [4.69, 9.17) is 5.73 Å². The molecule has 3 N–H and O–H groups in total. The molecule has 4 nitrogen and oxygen atoms in total. The van der Waals surface area contributed by atoms with E-state index in [0.29, 0.717) is 6.04 Å². The molecular weight excluding hydrogens is 407 g/mol. The van der Waals surface area contributed by atoms with Crippen molar-refractivity contribution in [2.75, 3.05) is 0 Å². The van der Waals surface area contributed by atoms with E-state index < -0.39 is 0 Å². The number of rotatable bonds is 1. The molecule has 1 aromatic carbocycles. The first-order valence-electron chi connectivity index (χ1n) is 6.06. The number of aromatic amines is 1. The zero-order valence-electron chi connectivity index (χ0n) is 10.4. The molecule has 0 unspecified atom stereocenters. The first-order chi connectivity index (χ1) is 8.66. The van der Waals surface area contributed by atoms with Crippen molar-refractivity contribution in [3.05, 3.63) is 34.1 Å². The standard InChI is InChI=1S/C9H9N3.C4H9N.Pt/c1-12-7-10-9(11-12)8-5-3-2-4-6-8;5-4-2-1-3-4;/h2-6H,1H3,(H,10,11);4H,1-3,5H2;. The molecule has 18 heavy (non-hydrogen) atoms. The van der Waals surface area contributed by atoms with Crippen LogP contribution in [-0.4, -0.2) is 20.8 Å². The third kappa shape index (κ3) is 3.50. The van der Waals surface area contributed by atoms with E-state index in [9.17, 15) is 0 Å². The van der Waals surface area contributed by atoms with E-state index >= 15 is 0 Å². The number of nitrogens with two attached hydrogens (primary N) is 1. The second-order valence-corrected chi connectivity index (χ2v) is 5.45. The summed E-state index contributed by atoms with van der Waals surface area (Å²) < 4.78 is 2.85. The fourth-order valence-electron chi connectivity index (χ4n) is 1.55. The molecule has 1 aliphatic rings. The number of nitrogens with zero attached hydrogens (tertiary/aromatic N) is 2. The molecule has 0 amide bonds. The molecule has 0 saturated heterocycles. The number of benzene rings is 1. The summed E-state index contributed by atoms with van der Waals surface area (Å²) in [5, 5.41) is 3.16. The van der Waals surface area contributed by atoms with Crippen molar-refractivity contribution in [3.8, 4) is 11.4 Å². The van der Waals surface area contributed by atoms with Gasteiger partial charge in [-0.2, -0.15) is 0 Å². The molecule has 1 heterocycles. The Morgan fingerprint density at radius 1 is 1.33 bits per heavy atom. The van der Waals surface area contributed by atoms with Crippen LogP contribution in [0.1, 0.15) is 19.3 Å². The van der Waals surface area contributed by atoms with Crippen LogP contribution in [0.2, 0.25) is 0 Å². The van der Waals surface area contributed by atoms with Crippen LogP contribution in [0.4, 0.5) is 0 Å². The van der Waals surface area contributed by atoms with Gasteiger partial charge in [0.15, 0.2) is 0 Å². The van der Waals surface area contributed by atoms with Gasteiger partial charge < -0.3 is 5.73 Å². The topological polar surface area (TPSA) is 59.6 Å². The summed E-state index contributed by atoms with van der Waals surface area (Å²) in [4.78, 5) is 4.38. The van der Waals surface area contributed by atoms with Gasteiger partial charge in [0, 0.05) is 6.04 Å². The molecule has 0 atom stereocenters. The Morgan fingerprint density at radius 2 is 1.94 bits per heavy atom. The summed E-state index contributed by atoms with van der Waals surface area (Å²) in [6, 6.07) is 10.6. The van der Waals surface area contributed by atoms with E-state index in [-0.39, 0.29) is 0 Å². The average Bonchev–Trinajstić information content (AvgIpc) is 2.69. The zero-order chi connectivity index (χ0) is 13.0. The van der Waals surface area contributed by atoms with Crippen LogP contribution >= 0.6 is 0 Å². The van der Waals surface area contributed by atoms with Gasteiger partial charge in [0.05, 0.1) is 0 Å². The van der Waals surface area contributed by atoms with E-state index in [1.165, 1.54) is 19.3 Å². The molecule has 1 aromatic heterocycles. The van der Waals surface area contributed by atoms with E-state index in [1.54, 1.807) is 0 Å². The number of hydrogen-bond acceptors (Lipinski definition) is 2. The largest absolute Gasteiger partial charge is 0.328 e. The molecule has 1 saturated carbocycles. The van der Waals surface area contributed by atoms with Crippen LogP contribution in [0.15, 0.2) is 30.3 Å². The maximum Gasteiger partial charge on any atom is 0.00388 e. The quantitative estimate of drug-likeness (QED) is 0.735. The van der Waals surface area contributed by atoms with Crippen LogP contribution in [0, 0.1) is 3.80 Å². The molecule has 2 aromatic rings. The van der Waals surface area contributed by atoms with Crippen LogP contribution in [0.5, 0.6) is 0 Å². The SMILES string of the molecule is Cn1[nH]c(-c2ccccc2)n[c]1=[Pt].NC1CCC1. The van der Waals surface area contributed by atoms with Crippen LogP contribution < -0.4 is 5.73 Å². The molecule has 0 radical (unpaired) electrons. The number of H-pyrrole nitrogens is 1. The molecule has 1 aliphatic carbocycles. The van der Waals surface area contributed by atoms with Gasteiger partial charge in [0.2, 0.25) is 0 Å². The minimum Gasteiger partial charge on any atom is -0.328 e. The van der Waals surface area contributed by atoms with Gasteiger partial charge in [-0.25, -0.2) is 0 Å². The predicted octanol–water partition coefficient (Wildman–Crippen LogP) is 1.99. The van der Waals surface area contributed by atoms with Crippen molar-refractivity contribution in [3.63, 3.8) is 0 Å². The maximum absolute atomic E-state index is 5.38. The molecule has 5 heteroatoms. The number of aryl methyl sites for hydroxylation is 1. The summed E-state index contributed by atoms with van der Waals surface area (Å²) in [6.07, 6.45) is 3.89. The summed E-state index contributed by atoms with van der Waals surface area (Å²) in [7, 11) is 1.95. The Bertz CT molecular complexity index is 540. The first-order valence-corrected chi connectivity index (χ1v) is 7.20. The minimum atomic E-state index is 0.565. The van der Waals surface area contributed by atoms with E-state index in [0.717, 1.165) is 15.2 Å². The van der Waals surface area contributed by atoms with Crippen molar-refractivity contribution in [2.24, 2.45) is 12.8 Å². The molecule has 0 spiro atoms. The summed E-state index contributed by atoms with van der Waals surface area (Å²) in [6.45, 7) is 0. The molecular formula is C13H18N4Pt. The smallest absolute Gasteiger partial charge is 0.00388 e. The second-order valence-electron chi connectivity index (χ2n) is 4.43. The Labute approximate surface area is 118 Å². The van der Waals surface area contributed by atoms with Gasteiger partial charge in [0.1, 0.15) is 0 Å². The van der Waals surface area contributed by atoms with Gasteiger partial charge in [-0.3, -0.25) is 0 Å². The molecule has 100 valence electrons. The Hall–Kier alpha value is -0.992. The molecule has 0 bridgehead atoms. The fraction of sp³-hybridized carbons (Fsp3) is 0.385. The van der Waals surface area contributed by atoms with Crippen molar-refractivity contribution in [1.82, 2.24) is 14.8 Å². The Kier molecular flexibility index (Phi) is 4.67. The number of hydrogen-bond donors (Lipinski definition) is 2. The minimum absolute atomic E-state index is 0.565. The molecule has 1 fully saturated rings. The third-order valence-corrected chi connectivity index (χ3v) is 3.94. The monoisotopic (exact) mass is 425 g/mol. The van der Waals surface area contributed by atoms with Crippen molar-refractivity contribution < 1.29 is 19.4 Å². The van der Waals surface area contributed by atoms with Gasteiger partial charge in [-0.05, 0) is 12.8 Å². The zero-order valence-corrected chi connectivity index (χ0v) is 12.6. The normalized spacial score (nSPS) is 14.7. The summed E-state index contributed by atoms with van der Waals surface area (Å²) >= 11 is 2.18. The van der Waals surface area contributed by atoms with Crippen molar-refractivity contribution in [2.45, 2.75) is 25.3 Å².